The molecule has 1 aromatic carbocycles. The van der Waals surface area contributed by atoms with E-state index in [1.54, 1.807) is 19.1 Å². The fraction of sp³-hybridized carbons (Fsp3) is 0.522. The SMILES string of the molecule is CCC(C)C(NC(=O)C(N)Cc1ccc(O)cc1)C(=O)NC(CCC(N)=O)C(=O)NC(CS)C(=O)O. The Hall–Kier alpha value is -3.32. The zero-order valence-corrected chi connectivity index (χ0v) is 21.2. The highest BCUT2D eigenvalue weighted by Crippen LogP contribution is 2.13. The summed E-state index contributed by atoms with van der Waals surface area (Å²) in [5, 5.41) is 25.9. The quantitative estimate of drug-likeness (QED) is 0.133. The largest absolute Gasteiger partial charge is 0.508 e. The number of carbonyl (C=O) groups excluding carboxylic acids is 4. The lowest BCUT2D eigenvalue weighted by Gasteiger charge is -2.28. The van der Waals surface area contributed by atoms with Crippen molar-refractivity contribution in [2.75, 3.05) is 5.75 Å². The lowest BCUT2D eigenvalue weighted by molar-refractivity contribution is -0.141. The monoisotopic (exact) mass is 525 g/mol. The van der Waals surface area contributed by atoms with Gasteiger partial charge in [-0.3, -0.25) is 19.2 Å². The van der Waals surface area contributed by atoms with E-state index in [9.17, 15) is 34.2 Å². The van der Waals surface area contributed by atoms with Crippen molar-refractivity contribution in [3.63, 3.8) is 0 Å². The minimum Gasteiger partial charge on any atom is -0.508 e. The Labute approximate surface area is 215 Å². The minimum atomic E-state index is -1.31. The number of carboxylic acid groups (broad SMARTS) is 1. The Bertz CT molecular complexity index is 928. The molecule has 4 amide bonds. The Kier molecular flexibility index (Phi) is 12.7. The summed E-state index contributed by atoms with van der Waals surface area (Å²) < 4.78 is 0. The lowest BCUT2D eigenvalue weighted by atomic mass is 9.96. The van der Waals surface area contributed by atoms with Crippen LogP contribution >= 0.6 is 12.6 Å². The summed E-state index contributed by atoms with van der Waals surface area (Å²) in [6.07, 6.45) is 0.248. The molecule has 0 aliphatic rings. The first-order valence-electron chi connectivity index (χ1n) is 11.5. The standard InChI is InChI=1S/C23H35N5O7S/c1-3-12(2)19(28-20(31)15(24)10-13-4-6-14(29)7-5-13)22(33)26-16(8-9-18(25)30)21(32)27-17(11-36)23(34)35/h4-7,12,15-17,19,29,36H,3,8-11,24H2,1-2H3,(H2,25,30)(H,26,33)(H,27,32)(H,28,31)(H,34,35). The average Bonchev–Trinajstić information content (AvgIpc) is 2.83. The van der Waals surface area contributed by atoms with E-state index in [0.29, 0.717) is 12.0 Å². The summed E-state index contributed by atoms with van der Waals surface area (Å²) in [6.45, 7) is 3.55. The molecule has 0 radical (unpaired) electrons. The fourth-order valence-corrected chi connectivity index (χ4v) is 3.46. The molecule has 12 nitrogen and oxygen atoms in total. The van der Waals surface area contributed by atoms with Gasteiger partial charge in [0.15, 0.2) is 0 Å². The van der Waals surface area contributed by atoms with E-state index in [2.05, 4.69) is 28.6 Å². The first-order valence-corrected chi connectivity index (χ1v) is 12.1. The van der Waals surface area contributed by atoms with Gasteiger partial charge in [0.2, 0.25) is 23.6 Å². The number of phenolic OH excluding ortho intramolecular Hbond substituents is 1. The molecular weight excluding hydrogens is 490 g/mol. The maximum Gasteiger partial charge on any atom is 0.327 e. The van der Waals surface area contributed by atoms with Gasteiger partial charge in [-0.25, -0.2) is 4.79 Å². The number of aromatic hydroxyl groups is 1. The number of primary amides is 1. The predicted molar refractivity (Wildman–Crippen MR) is 135 cm³/mol. The molecule has 5 atom stereocenters. The van der Waals surface area contributed by atoms with Gasteiger partial charge in [-0.2, -0.15) is 12.6 Å². The topological polar surface area (TPSA) is 214 Å². The zero-order chi connectivity index (χ0) is 27.4. The van der Waals surface area contributed by atoms with E-state index in [-0.39, 0.29) is 36.7 Å². The van der Waals surface area contributed by atoms with Crippen molar-refractivity contribution in [3.05, 3.63) is 29.8 Å². The van der Waals surface area contributed by atoms with E-state index < -0.39 is 53.8 Å². The molecule has 200 valence electrons. The maximum absolute atomic E-state index is 13.1. The number of amides is 4. The summed E-state index contributed by atoms with van der Waals surface area (Å²) in [7, 11) is 0. The van der Waals surface area contributed by atoms with Gasteiger partial charge in [-0.05, 0) is 36.5 Å². The highest BCUT2D eigenvalue weighted by molar-refractivity contribution is 7.80. The van der Waals surface area contributed by atoms with Crippen LogP contribution in [0.2, 0.25) is 0 Å². The van der Waals surface area contributed by atoms with Crippen LogP contribution in [-0.2, 0) is 30.4 Å². The third kappa shape index (κ3) is 10.1. The molecule has 0 fully saturated rings. The number of nitrogens with one attached hydrogen (secondary N) is 3. The van der Waals surface area contributed by atoms with E-state index in [0.717, 1.165) is 0 Å². The van der Waals surface area contributed by atoms with Crippen LogP contribution in [0.4, 0.5) is 0 Å². The normalized spacial score (nSPS) is 15.0. The number of nitrogens with two attached hydrogens (primary N) is 2. The number of rotatable bonds is 15. The van der Waals surface area contributed by atoms with Crippen molar-refractivity contribution < 1.29 is 34.2 Å². The Morgan fingerprint density at radius 3 is 2.06 bits per heavy atom. The third-order valence-corrected chi connectivity index (χ3v) is 6.00. The molecule has 0 bridgehead atoms. The Morgan fingerprint density at radius 2 is 1.56 bits per heavy atom. The number of aliphatic carboxylic acids is 1. The average molecular weight is 526 g/mol. The van der Waals surface area contributed by atoms with Gasteiger partial charge in [-0.1, -0.05) is 32.4 Å². The highest BCUT2D eigenvalue weighted by atomic mass is 32.1. The van der Waals surface area contributed by atoms with Gasteiger partial charge >= 0.3 is 5.97 Å². The van der Waals surface area contributed by atoms with E-state index >= 15 is 0 Å². The van der Waals surface area contributed by atoms with E-state index in [4.69, 9.17) is 11.5 Å². The summed E-state index contributed by atoms with van der Waals surface area (Å²) in [5.74, 6) is -4.61. The molecule has 0 saturated heterocycles. The van der Waals surface area contributed by atoms with Gasteiger partial charge in [0.1, 0.15) is 23.9 Å². The number of phenols is 1. The lowest BCUT2D eigenvalue weighted by Crippen LogP contribution is -2.59. The fourth-order valence-electron chi connectivity index (χ4n) is 3.22. The molecule has 0 heterocycles. The summed E-state index contributed by atoms with van der Waals surface area (Å²) in [5.41, 5.74) is 11.9. The van der Waals surface area contributed by atoms with Crippen LogP contribution in [0.3, 0.4) is 0 Å². The zero-order valence-electron chi connectivity index (χ0n) is 20.3. The van der Waals surface area contributed by atoms with Crippen molar-refractivity contribution in [2.45, 2.75) is 63.7 Å². The van der Waals surface area contributed by atoms with Gasteiger partial charge in [0.05, 0.1) is 6.04 Å². The third-order valence-electron chi connectivity index (χ3n) is 5.63. The predicted octanol–water partition coefficient (Wildman–Crippen LogP) is -0.958. The van der Waals surface area contributed by atoms with Crippen molar-refractivity contribution in [1.82, 2.24) is 16.0 Å². The van der Waals surface area contributed by atoms with Crippen LogP contribution < -0.4 is 27.4 Å². The van der Waals surface area contributed by atoms with Crippen molar-refractivity contribution in [3.8, 4) is 5.75 Å². The summed E-state index contributed by atoms with van der Waals surface area (Å²) in [4.78, 5) is 61.1. The van der Waals surface area contributed by atoms with Crippen molar-refractivity contribution >= 4 is 42.2 Å². The Morgan fingerprint density at radius 1 is 0.972 bits per heavy atom. The number of benzene rings is 1. The molecule has 5 unspecified atom stereocenters. The molecule has 0 aliphatic heterocycles. The van der Waals surface area contributed by atoms with Crippen molar-refractivity contribution in [2.24, 2.45) is 17.4 Å². The number of carbonyl (C=O) groups is 5. The first kappa shape index (κ1) is 30.7. The molecule has 0 saturated carbocycles. The number of hydrogen-bond donors (Lipinski definition) is 8. The number of carboxylic acids is 1. The van der Waals surface area contributed by atoms with Crippen LogP contribution in [0.15, 0.2) is 24.3 Å². The molecule has 0 aliphatic carbocycles. The second-order valence-electron chi connectivity index (χ2n) is 8.50. The smallest absolute Gasteiger partial charge is 0.327 e. The number of hydrogen-bond acceptors (Lipinski definition) is 8. The molecule has 0 spiro atoms. The van der Waals surface area contributed by atoms with Crippen LogP contribution in [0, 0.1) is 5.92 Å². The number of thiol groups is 1. The minimum absolute atomic E-state index is 0.0734. The van der Waals surface area contributed by atoms with Gasteiger partial charge in [-0.15, -0.1) is 0 Å². The van der Waals surface area contributed by atoms with Gasteiger partial charge in [0.25, 0.3) is 0 Å². The molecule has 1 rings (SSSR count). The van der Waals surface area contributed by atoms with E-state index in [1.807, 2.05) is 6.92 Å². The van der Waals surface area contributed by atoms with Crippen LogP contribution in [0.1, 0.15) is 38.7 Å². The molecule has 1 aromatic rings. The second-order valence-corrected chi connectivity index (χ2v) is 8.86. The van der Waals surface area contributed by atoms with Gasteiger partial charge in [0, 0.05) is 12.2 Å². The summed E-state index contributed by atoms with van der Waals surface area (Å²) >= 11 is 3.89. The van der Waals surface area contributed by atoms with Gasteiger partial charge < -0.3 is 37.6 Å². The first-order chi connectivity index (χ1) is 16.9. The van der Waals surface area contributed by atoms with E-state index in [1.165, 1.54) is 12.1 Å². The molecule has 36 heavy (non-hydrogen) atoms. The maximum atomic E-state index is 13.1. The second kappa shape index (κ2) is 14.9. The molecular formula is C23H35N5O7S. The molecule has 9 N–H and O–H groups in total. The highest BCUT2D eigenvalue weighted by Gasteiger charge is 2.32. The van der Waals surface area contributed by atoms with Crippen LogP contribution in [-0.4, -0.2) is 69.7 Å². The van der Waals surface area contributed by atoms with Crippen molar-refractivity contribution in [1.29, 1.82) is 0 Å². The molecule has 0 aromatic heterocycles. The Balaban J connectivity index is 2.98. The summed E-state index contributed by atoms with van der Waals surface area (Å²) in [6, 6.07) is 1.55. The van der Waals surface area contributed by atoms with Crippen LogP contribution in [0.25, 0.3) is 0 Å². The molecule has 13 heteroatoms. The van der Waals surface area contributed by atoms with Crippen LogP contribution in [0.5, 0.6) is 5.75 Å².